The molecular formula is C26H29N3O4S. The van der Waals surface area contributed by atoms with Gasteiger partial charge in [-0.25, -0.2) is 0 Å². The van der Waals surface area contributed by atoms with Gasteiger partial charge in [0.05, 0.1) is 17.7 Å². The maximum absolute atomic E-state index is 13.7. The van der Waals surface area contributed by atoms with Crippen LogP contribution in [0.25, 0.3) is 0 Å². The molecule has 0 spiro atoms. The minimum atomic E-state index is -0.998. The highest BCUT2D eigenvalue weighted by Gasteiger charge is 2.37. The first-order valence-electron chi connectivity index (χ1n) is 11.5. The van der Waals surface area contributed by atoms with Crippen LogP contribution in [0.4, 0.5) is 5.69 Å². The topological polar surface area (TPSA) is 91.7 Å². The molecule has 3 aromatic rings. The highest BCUT2D eigenvalue weighted by molar-refractivity contribution is 7.12. The van der Waals surface area contributed by atoms with Crippen LogP contribution in [0.15, 0.2) is 58.5 Å². The number of anilines is 1. The largest absolute Gasteiger partial charge is 0.467 e. The Morgan fingerprint density at radius 1 is 1.09 bits per heavy atom. The SMILES string of the molecule is Cc1cccc(N(C(=O)CNC(=O)c2cccs2)C(C(=O)NC2CCCC2)c2ccco2)c1C. The van der Waals surface area contributed by atoms with E-state index >= 15 is 0 Å². The molecule has 3 amide bonds. The summed E-state index contributed by atoms with van der Waals surface area (Å²) >= 11 is 1.30. The van der Waals surface area contributed by atoms with Crippen molar-refractivity contribution < 1.29 is 18.8 Å². The van der Waals surface area contributed by atoms with E-state index in [1.54, 1.807) is 29.6 Å². The van der Waals surface area contributed by atoms with Gasteiger partial charge in [-0.15, -0.1) is 11.3 Å². The van der Waals surface area contributed by atoms with Crippen LogP contribution in [-0.2, 0) is 9.59 Å². The van der Waals surface area contributed by atoms with Gasteiger partial charge in [0.15, 0.2) is 6.04 Å². The summed E-state index contributed by atoms with van der Waals surface area (Å²) in [4.78, 5) is 41.7. The lowest BCUT2D eigenvalue weighted by Crippen LogP contribution is -2.49. The molecule has 1 unspecified atom stereocenters. The lowest BCUT2D eigenvalue weighted by Gasteiger charge is -2.32. The van der Waals surface area contributed by atoms with Crippen molar-refractivity contribution in [2.24, 2.45) is 0 Å². The van der Waals surface area contributed by atoms with Crippen LogP contribution in [0.3, 0.4) is 0 Å². The second-order valence-corrected chi connectivity index (χ2v) is 9.50. The van der Waals surface area contributed by atoms with Crippen LogP contribution in [0, 0.1) is 13.8 Å². The molecule has 0 aliphatic heterocycles. The molecule has 1 atom stereocenters. The van der Waals surface area contributed by atoms with Crippen LogP contribution in [0.2, 0.25) is 0 Å². The second kappa shape index (κ2) is 10.7. The number of amides is 3. The maximum atomic E-state index is 13.7. The molecule has 1 saturated carbocycles. The molecule has 8 heteroatoms. The monoisotopic (exact) mass is 479 g/mol. The molecule has 0 bridgehead atoms. The molecule has 34 heavy (non-hydrogen) atoms. The number of carbonyl (C=O) groups excluding carboxylic acids is 3. The Bertz CT molecular complexity index is 1140. The fraction of sp³-hybridized carbons (Fsp3) is 0.346. The van der Waals surface area contributed by atoms with E-state index in [0.29, 0.717) is 16.3 Å². The standard InChI is InChI=1S/C26H29N3O4S/c1-17-8-5-11-20(18(17)2)29(23(30)16-27-25(31)22-13-7-15-34-22)24(21-12-6-14-33-21)26(32)28-19-9-3-4-10-19/h5-8,11-15,19,24H,3-4,9-10,16H2,1-2H3,(H,27,31)(H,28,32). The van der Waals surface area contributed by atoms with Gasteiger partial charge in [0.2, 0.25) is 5.91 Å². The van der Waals surface area contributed by atoms with Crippen molar-refractivity contribution >= 4 is 34.7 Å². The van der Waals surface area contributed by atoms with Gasteiger partial charge in [-0.2, -0.15) is 0 Å². The summed E-state index contributed by atoms with van der Waals surface area (Å²) in [6, 6.07) is 11.6. The Labute approximate surface area is 203 Å². The summed E-state index contributed by atoms with van der Waals surface area (Å²) in [6.45, 7) is 3.63. The molecule has 178 valence electrons. The first-order valence-corrected chi connectivity index (χ1v) is 12.4. The average Bonchev–Trinajstić information content (AvgIpc) is 3.61. The van der Waals surface area contributed by atoms with Gasteiger partial charge in [0, 0.05) is 11.7 Å². The predicted molar refractivity (Wildman–Crippen MR) is 132 cm³/mol. The van der Waals surface area contributed by atoms with Crippen molar-refractivity contribution in [3.8, 4) is 0 Å². The number of thiophene rings is 1. The minimum absolute atomic E-state index is 0.0825. The first kappa shape index (κ1) is 23.8. The van der Waals surface area contributed by atoms with Gasteiger partial charge in [-0.1, -0.05) is 31.0 Å². The Hall–Kier alpha value is -3.39. The number of nitrogens with zero attached hydrogens (tertiary/aromatic N) is 1. The number of rotatable bonds is 8. The van der Waals surface area contributed by atoms with Crippen LogP contribution in [0.1, 0.15) is 58.3 Å². The molecule has 0 saturated heterocycles. The van der Waals surface area contributed by atoms with Gasteiger partial charge < -0.3 is 15.1 Å². The molecule has 4 rings (SSSR count). The van der Waals surface area contributed by atoms with E-state index in [9.17, 15) is 14.4 Å². The van der Waals surface area contributed by atoms with E-state index in [-0.39, 0.29) is 24.4 Å². The Kier molecular flexibility index (Phi) is 7.47. The molecule has 0 radical (unpaired) electrons. The lowest BCUT2D eigenvalue weighted by atomic mass is 10.0. The average molecular weight is 480 g/mol. The van der Waals surface area contributed by atoms with E-state index in [1.165, 1.54) is 22.5 Å². The summed E-state index contributed by atoms with van der Waals surface area (Å²) in [5.74, 6) is -0.647. The summed E-state index contributed by atoms with van der Waals surface area (Å²) in [5, 5.41) is 7.62. The number of hydrogen-bond acceptors (Lipinski definition) is 5. The van der Waals surface area contributed by atoms with Crippen LogP contribution in [0.5, 0.6) is 0 Å². The van der Waals surface area contributed by atoms with Gasteiger partial charge in [0.25, 0.3) is 11.8 Å². The van der Waals surface area contributed by atoms with Crippen molar-refractivity contribution in [3.63, 3.8) is 0 Å². The minimum Gasteiger partial charge on any atom is -0.467 e. The van der Waals surface area contributed by atoms with E-state index < -0.39 is 11.9 Å². The zero-order chi connectivity index (χ0) is 24.1. The molecule has 1 aliphatic carbocycles. The molecule has 7 nitrogen and oxygen atoms in total. The van der Waals surface area contributed by atoms with E-state index in [0.717, 1.165) is 36.8 Å². The third-order valence-electron chi connectivity index (χ3n) is 6.27. The van der Waals surface area contributed by atoms with Gasteiger partial charge in [-0.3, -0.25) is 19.3 Å². The molecule has 2 aromatic heterocycles. The van der Waals surface area contributed by atoms with Crippen molar-refractivity contribution in [2.75, 3.05) is 11.4 Å². The Morgan fingerprint density at radius 2 is 1.88 bits per heavy atom. The quantitative estimate of drug-likeness (QED) is 0.497. The number of benzene rings is 1. The van der Waals surface area contributed by atoms with Gasteiger partial charge >= 0.3 is 0 Å². The van der Waals surface area contributed by atoms with E-state index in [2.05, 4.69) is 10.6 Å². The smallest absolute Gasteiger partial charge is 0.261 e. The van der Waals surface area contributed by atoms with E-state index in [4.69, 9.17) is 4.42 Å². The molecule has 1 fully saturated rings. The van der Waals surface area contributed by atoms with Gasteiger partial charge in [-0.05, 0) is 67.5 Å². The Morgan fingerprint density at radius 3 is 2.56 bits per heavy atom. The number of nitrogens with one attached hydrogen (secondary N) is 2. The summed E-state index contributed by atoms with van der Waals surface area (Å²) in [5.41, 5.74) is 2.48. The zero-order valence-electron chi connectivity index (χ0n) is 19.4. The van der Waals surface area contributed by atoms with Crippen molar-refractivity contribution in [1.29, 1.82) is 0 Å². The lowest BCUT2D eigenvalue weighted by molar-refractivity contribution is -0.127. The molecule has 2 heterocycles. The number of aryl methyl sites for hydroxylation is 1. The fourth-order valence-electron chi connectivity index (χ4n) is 4.32. The third kappa shape index (κ3) is 5.22. The summed E-state index contributed by atoms with van der Waals surface area (Å²) in [7, 11) is 0. The normalized spacial score (nSPS) is 14.5. The van der Waals surface area contributed by atoms with Gasteiger partial charge in [0.1, 0.15) is 5.76 Å². The van der Waals surface area contributed by atoms with Crippen LogP contribution >= 0.6 is 11.3 Å². The predicted octanol–water partition coefficient (Wildman–Crippen LogP) is 4.52. The summed E-state index contributed by atoms with van der Waals surface area (Å²) < 4.78 is 5.65. The van der Waals surface area contributed by atoms with E-state index in [1.807, 2.05) is 32.0 Å². The second-order valence-electron chi connectivity index (χ2n) is 8.55. The zero-order valence-corrected chi connectivity index (χ0v) is 20.2. The van der Waals surface area contributed by atoms with Crippen molar-refractivity contribution in [1.82, 2.24) is 10.6 Å². The van der Waals surface area contributed by atoms with Crippen molar-refractivity contribution in [2.45, 2.75) is 51.6 Å². The van der Waals surface area contributed by atoms with Crippen molar-refractivity contribution in [3.05, 3.63) is 75.9 Å². The third-order valence-corrected chi connectivity index (χ3v) is 7.14. The highest BCUT2D eigenvalue weighted by atomic mass is 32.1. The fourth-order valence-corrected chi connectivity index (χ4v) is 4.96. The molecular weight excluding hydrogens is 450 g/mol. The molecule has 1 aromatic carbocycles. The van der Waals surface area contributed by atoms with Crippen LogP contribution in [-0.4, -0.2) is 30.3 Å². The Balaban J connectivity index is 1.68. The summed E-state index contributed by atoms with van der Waals surface area (Å²) in [6.07, 6.45) is 5.49. The highest BCUT2D eigenvalue weighted by Crippen LogP contribution is 2.32. The number of carbonyl (C=O) groups is 3. The first-order chi connectivity index (χ1) is 16.5. The molecule has 2 N–H and O–H groups in total. The number of hydrogen-bond donors (Lipinski definition) is 2. The maximum Gasteiger partial charge on any atom is 0.261 e. The number of furan rings is 1. The van der Waals surface area contributed by atoms with Crippen LogP contribution < -0.4 is 15.5 Å². The molecule has 1 aliphatic rings.